The van der Waals surface area contributed by atoms with E-state index >= 15 is 0 Å². The molecule has 0 saturated carbocycles. The molecule has 1 aromatic heterocycles. The van der Waals surface area contributed by atoms with Crippen molar-refractivity contribution in [2.45, 2.75) is 39.8 Å². The van der Waals surface area contributed by atoms with Crippen molar-refractivity contribution in [2.24, 2.45) is 0 Å². The number of para-hydroxylation sites is 2. The van der Waals surface area contributed by atoms with Crippen LogP contribution in [0.2, 0.25) is 0 Å². The van der Waals surface area contributed by atoms with E-state index in [-0.39, 0.29) is 6.04 Å². The Kier molecular flexibility index (Phi) is 7.16. The second-order valence-electron chi connectivity index (χ2n) is 8.70. The zero-order valence-electron chi connectivity index (χ0n) is 20.0. The number of fused-ring (bicyclic) bond motifs is 1. The smallest absolute Gasteiger partial charge is 0.407 e. The fraction of sp³-hybridized carbons (Fsp3) is 0.286. The first kappa shape index (κ1) is 23.4. The molecule has 1 heterocycles. The SMILES string of the molecule is CCOC(=O)NCC(Cc1ccc(C)cc1)n1c(=N)n(Cc2ccc(C)cc2)c2ccccc21. The van der Waals surface area contributed by atoms with E-state index in [1.807, 2.05) is 27.3 Å². The Balaban J connectivity index is 1.76. The molecule has 2 N–H and O–H groups in total. The van der Waals surface area contributed by atoms with Gasteiger partial charge in [-0.1, -0.05) is 71.8 Å². The molecule has 6 nitrogen and oxygen atoms in total. The van der Waals surface area contributed by atoms with Crippen LogP contribution in [0, 0.1) is 19.3 Å². The molecule has 1 unspecified atom stereocenters. The number of carbonyl (C=O) groups excluding carboxylic acids is 1. The third-order valence-electron chi connectivity index (χ3n) is 6.09. The Morgan fingerprint density at radius 3 is 2.12 bits per heavy atom. The first-order valence-electron chi connectivity index (χ1n) is 11.7. The largest absolute Gasteiger partial charge is 0.450 e. The first-order chi connectivity index (χ1) is 16.5. The molecule has 4 rings (SSSR count). The molecule has 1 atom stereocenters. The van der Waals surface area contributed by atoms with Crippen LogP contribution in [0.15, 0.2) is 72.8 Å². The molecule has 34 heavy (non-hydrogen) atoms. The van der Waals surface area contributed by atoms with Crippen LogP contribution in [0.1, 0.15) is 35.2 Å². The second-order valence-corrected chi connectivity index (χ2v) is 8.70. The highest BCUT2D eigenvalue weighted by Gasteiger charge is 2.20. The van der Waals surface area contributed by atoms with Gasteiger partial charge in [-0.25, -0.2) is 4.79 Å². The summed E-state index contributed by atoms with van der Waals surface area (Å²) < 4.78 is 9.17. The van der Waals surface area contributed by atoms with Crippen LogP contribution < -0.4 is 10.9 Å². The zero-order valence-corrected chi connectivity index (χ0v) is 20.0. The average molecular weight is 457 g/mol. The van der Waals surface area contributed by atoms with Gasteiger partial charge in [-0.05, 0) is 50.5 Å². The highest BCUT2D eigenvalue weighted by Crippen LogP contribution is 2.21. The molecular weight excluding hydrogens is 424 g/mol. The van der Waals surface area contributed by atoms with E-state index in [4.69, 9.17) is 10.1 Å². The maximum atomic E-state index is 12.1. The number of rotatable bonds is 8. The number of hydrogen-bond acceptors (Lipinski definition) is 3. The summed E-state index contributed by atoms with van der Waals surface area (Å²) in [6, 6.07) is 24.8. The number of carbonyl (C=O) groups is 1. The van der Waals surface area contributed by atoms with Gasteiger partial charge < -0.3 is 19.2 Å². The Morgan fingerprint density at radius 1 is 0.912 bits per heavy atom. The number of hydrogen-bond donors (Lipinski definition) is 2. The maximum Gasteiger partial charge on any atom is 0.407 e. The van der Waals surface area contributed by atoms with Gasteiger partial charge in [-0.2, -0.15) is 0 Å². The van der Waals surface area contributed by atoms with Crippen molar-refractivity contribution in [3.8, 4) is 0 Å². The molecule has 6 heteroatoms. The second kappa shape index (κ2) is 10.4. The van der Waals surface area contributed by atoms with E-state index in [1.165, 1.54) is 11.1 Å². The summed E-state index contributed by atoms with van der Waals surface area (Å²) in [4.78, 5) is 12.1. The summed E-state index contributed by atoms with van der Waals surface area (Å²) in [5, 5.41) is 12.0. The molecule has 0 bridgehead atoms. The lowest BCUT2D eigenvalue weighted by molar-refractivity contribution is 0.150. The van der Waals surface area contributed by atoms with Crippen molar-refractivity contribution in [1.82, 2.24) is 14.5 Å². The monoisotopic (exact) mass is 456 g/mol. The third kappa shape index (κ3) is 5.22. The predicted molar refractivity (Wildman–Crippen MR) is 135 cm³/mol. The molecule has 0 spiro atoms. The van der Waals surface area contributed by atoms with E-state index < -0.39 is 6.09 Å². The molecule has 0 aliphatic heterocycles. The molecule has 3 aromatic carbocycles. The van der Waals surface area contributed by atoms with Crippen LogP contribution in [-0.2, 0) is 17.7 Å². The highest BCUT2D eigenvalue weighted by molar-refractivity contribution is 5.76. The Hall–Kier alpha value is -3.80. The van der Waals surface area contributed by atoms with Crippen LogP contribution in [0.25, 0.3) is 11.0 Å². The summed E-state index contributed by atoms with van der Waals surface area (Å²) in [5.74, 6) is 0. The third-order valence-corrected chi connectivity index (χ3v) is 6.09. The molecule has 0 aliphatic rings. The molecule has 1 amide bonds. The Labute approximate surface area is 200 Å². The number of alkyl carbamates (subject to hydrolysis) is 1. The number of benzene rings is 3. The molecule has 4 aromatic rings. The number of aromatic nitrogens is 2. The minimum Gasteiger partial charge on any atom is -0.450 e. The summed E-state index contributed by atoms with van der Waals surface area (Å²) in [7, 11) is 0. The van der Waals surface area contributed by atoms with Crippen molar-refractivity contribution in [1.29, 1.82) is 5.41 Å². The predicted octanol–water partition coefficient (Wildman–Crippen LogP) is 5.12. The molecule has 0 fully saturated rings. The molecule has 176 valence electrons. The Bertz CT molecular complexity index is 1320. The minimum atomic E-state index is -0.438. The fourth-order valence-corrected chi connectivity index (χ4v) is 4.29. The van der Waals surface area contributed by atoms with Crippen molar-refractivity contribution < 1.29 is 9.53 Å². The zero-order chi connectivity index (χ0) is 24.1. The van der Waals surface area contributed by atoms with Gasteiger partial charge in [-0.3, -0.25) is 5.41 Å². The van der Waals surface area contributed by atoms with Gasteiger partial charge in [0.15, 0.2) is 0 Å². The summed E-state index contributed by atoms with van der Waals surface area (Å²) in [5.41, 5.74) is 7.10. The number of nitrogens with zero attached hydrogens (tertiary/aromatic N) is 2. The van der Waals surface area contributed by atoms with Crippen LogP contribution in [-0.4, -0.2) is 28.4 Å². The molecule has 0 aliphatic carbocycles. The van der Waals surface area contributed by atoms with Gasteiger partial charge in [-0.15, -0.1) is 0 Å². The van der Waals surface area contributed by atoms with Crippen LogP contribution in [0.3, 0.4) is 0 Å². The van der Waals surface area contributed by atoms with Gasteiger partial charge in [0.25, 0.3) is 0 Å². The fourth-order valence-electron chi connectivity index (χ4n) is 4.29. The first-order valence-corrected chi connectivity index (χ1v) is 11.7. The van der Waals surface area contributed by atoms with E-state index in [0.29, 0.717) is 31.7 Å². The van der Waals surface area contributed by atoms with Crippen molar-refractivity contribution >= 4 is 17.1 Å². The van der Waals surface area contributed by atoms with E-state index in [2.05, 4.69) is 73.8 Å². The van der Waals surface area contributed by atoms with Gasteiger partial charge in [0.05, 0.1) is 30.2 Å². The van der Waals surface area contributed by atoms with Gasteiger partial charge in [0, 0.05) is 6.54 Å². The molecule has 0 saturated heterocycles. The lowest BCUT2D eigenvalue weighted by Crippen LogP contribution is -2.37. The van der Waals surface area contributed by atoms with Crippen LogP contribution in [0.4, 0.5) is 4.79 Å². The van der Waals surface area contributed by atoms with Gasteiger partial charge in [0.1, 0.15) is 0 Å². The summed E-state index contributed by atoms with van der Waals surface area (Å²) in [6.45, 7) is 7.22. The van der Waals surface area contributed by atoms with E-state index in [1.54, 1.807) is 6.92 Å². The maximum absolute atomic E-state index is 12.1. The van der Waals surface area contributed by atoms with Crippen molar-refractivity contribution in [3.05, 3.63) is 101 Å². The number of ether oxygens (including phenoxy) is 1. The summed E-state index contributed by atoms with van der Waals surface area (Å²) >= 11 is 0. The molecular formula is C28H32N4O2. The normalized spacial score (nSPS) is 12.0. The minimum absolute atomic E-state index is 0.149. The van der Waals surface area contributed by atoms with Crippen molar-refractivity contribution in [3.63, 3.8) is 0 Å². The standard InChI is InChI=1S/C28H32N4O2/c1-4-34-28(33)30-18-24(17-22-13-9-20(2)10-14-22)32-26-8-6-5-7-25(26)31(27(32)29)19-23-15-11-21(3)12-16-23/h5-16,24,29H,4,17-19H2,1-3H3,(H,30,33). The number of aryl methyl sites for hydroxylation is 2. The lowest BCUT2D eigenvalue weighted by Gasteiger charge is -2.20. The number of amides is 1. The average Bonchev–Trinajstić information content (AvgIpc) is 3.11. The van der Waals surface area contributed by atoms with E-state index in [0.717, 1.165) is 22.2 Å². The quantitative estimate of drug-likeness (QED) is 0.386. The van der Waals surface area contributed by atoms with Gasteiger partial charge >= 0.3 is 6.09 Å². The molecule has 0 radical (unpaired) electrons. The van der Waals surface area contributed by atoms with Gasteiger partial charge in [0.2, 0.25) is 5.62 Å². The number of nitrogens with one attached hydrogen (secondary N) is 2. The topological polar surface area (TPSA) is 72.0 Å². The summed E-state index contributed by atoms with van der Waals surface area (Å²) in [6.07, 6.45) is 0.244. The number of imidazole rings is 1. The lowest BCUT2D eigenvalue weighted by atomic mass is 10.0. The van der Waals surface area contributed by atoms with Crippen molar-refractivity contribution in [2.75, 3.05) is 13.2 Å². The Morgan fingerprint density at radius 2 is 1.50 bits per heavy atom. The highest BCUT2D eigenvalue weighted by atomic mass is 16.5. The van der Waals surface area contributed by atoms with Crippen LogP contribution >= 0.6 is 0 Å². The van der Waals surface area contributed by atoms with Crippen LogP contribution in [0.5, 0.6) is 0 Å². The van der Waals surface area contributed by atoms with E-state index in [9.17, 15) is 4.79 Å².